The van der Waals surface area contributed by atoms with Gasteiger partial charge < -0.3 is 5.84 Å². The maximum atomic E-state index is 11.1. The van der Waals surface area contributed by atoms with Crippen molar-refractivity contribution < 1.29 is 4.92 Å². The monoisotopic (exact) mass is 398 g/mol. The van der Waals surface area contributed by atoms with Crippen LogP contribution in [-0.2, 0) is 0 Å². The third kappa shape index (κ3) is 2.82. The molecule has 3 rings (SSSR count). The Morgan fingerprint density at radius 3 is 2.95 bits per heavy atom. The number of hydrogen-bond acceptors (Lipinski definition) is 8. The van der Waals surface area contributed by atoms with Gasteiger partial charge in [-0.2, -0.15) is 0 Å². The lowest BCUT2D eigenvalue weighted by Crippen LogP contribution is -2.11. The van der Waals surface area contributed by atoms with E-state index >= 15 is 0 Å². The number of aromatic nitrogens is 4. The van der Waals surface area contributed by atoms with Crippen LogP contribution in [0.15, 0.2) is 44.4 Å². The lowest BCUT2D eigenvalue weighted by Gasteiger charge is -2.03. The molecule has 22 heavy (non-hydrogen) atoms. The second-order valence-corrected chi connectivity index (χ2v) is 6.81. The average molecular weight is 399 g/mol. The fourth-order valence-electron chi connectivity index (χ4n) is 1.63. The summed E-state index contributed by atoms with van der Waals surface area (Å²) in [4.78, 5) is 15.5. The molecule has 3 aromatic rings. The van der Waals surface area contributed by atoms with Crippen LogP contribution in [0.1, 0.15) is 0 Å². The van der Waals surface area contributed by atoms with Gasteiger partial charge in [-0.15, -0.1) is 21.5 Å². The Morgan fingerprint density at radius 2 is 2.27 bits per heavy atom. The highest BCUT2D eigenvalue weighted by molar-refractivity contribution is 9.10. The Bertz CT molecular complexity index is 835. The van der Waals surface area contributed by atoms with E-state index in [0.717, 1.165) is 16.6 Å². The van der Waals surface area contributed by atoms with Crippen molar-refractivity contribution in [1.82, 2.24) is 19.9 Å². The Balaban J connectivity index is 1.96. The first-order valence-electron chi connectivity index (χ1n) is 5.78. The van der Waals surface area contributed by atoms with E-state index in [1.165, 1.54) is 28.3 Å². The van der Waals surface area contributed by atoms with Crippen LogP contribution in [0, 0.1) is 10.1 Å². The van der Waals surface area contributed by atoms with Crippen molar-refractivity contribution in [2.75, 3.05) is 5.84 Å². The molecule has 0 aromatic carbocycles. The van der Waals surface area contributed by atoms with E-state index in [1.807, 2.05) is 17.5 Å². The highest BCUT2D eigenvalue weighted by Crippen LogP contribution is 2.34. The standard InChI is InChI=1S/C11H7BrN6O2S2/c12-6-4-7(18(19)20)10(14-5-6)22-11-16-15-9(17(11)13)8-2-1-3-21-8/h1-5H,13H2. The summed E-state index contributed by atoms with van der Waals surface area (Å²) in [7, 11) is 0. The highest BCUT2D eigenvalue weighted by atomic mass is 79.9. The summed E-state index contributed by atoms with van der Waals surface area (Å²) < 4.78 is 1.82. The zero-order valence-electron chi connectivity index (χ0n) is 10.7. The maximum absolute atomic E-state index is 11.1. The zero-order valence-corrected chi connectivity index (χ0v) is 13.9. The Morgan fingerprint density at radius 1 is 1.45 bits per heavy atom. The first-order chi connectivity index (χ1) is 10.6. The second kappa shape index (κ2) is 6.02. The smallest absolute Gasteiger partial charge is 0.302 e. The summed E-state index contributed by atoms with van der Waals surface area (Å²) in [6.07, 6.45) is 1.48. The van der Waals surface area contributed by atoms with E-state index in [0.29, 0.717) is 15.5 Å². The van der Waals surface area contributed by atoms with E-state index in [-0.39, 0.29) is 10.7 Å². The molecule has 112 valence electrons. The van der Waals surface area contributed by atoms with Crippen LogP contribution in [0.2, 0.25) is 0 Å². The van der Waals surface area contributed by atoms with Crippen molar-refractivity contribution in [3.63, 3.8) is 0 Å². The number of nitro groups is 1. The van der Waals surface area contributed by atoms with Gasteiger partial charge in [-0.1, -0.05) is 6.07 Å². The van der Waals surface area contributed by atoms with Crippen LogP contribution in [-0.4, -0.2) is 24.8 Å². The summed E-state index contributed by atoms with van der Waals surface area (Å²) in [5.41, 5.74) is -0.125. The minimum atomic E-state index is -0.502. The molecule has 0 radical (unpaired) electrons. The van der Waals surface area contributed by atoms with Crippen LogP contribution >= 0.6 is 39.0 Å². The van der Waals surface area contributed by atoms with E-state index < -0.39 is 4.92 Å². The molecule has 0 saturated heterocycles. The molecular formula is C11H7BrN6O2S2. The number of thiophene rings is 1. The van der Waals surface area contributed by atoms with Gasteiger partial charge in [-0.25, -0.2) is 9.66 Å². The van der Waals surface area contributed by atoms with Crippen LogP contribution in [0.4, 0.5) is 5.69 Å². The largest absolute Gasteiger partial charge is 0.335 e. The number of hydrogen-bond donors (Lipinski definition) is 1. The van der Waals surface area contributed by atoms with Gasteiger partial charge in [0.15, 0.2) is 10.9 Å². The molecule has 0 aliphatic heterocycles. The fraction of sp³-hybridized carbons (Fsp3) is 0. The van der Waals surface area contributed by atoms with Crippen molar-refractivity contribution in [2.24, 2.45) is 0 Å². The van der Waals surface area contributed by atoms with E-state index in [4.69, 9.17) is 5.84 Å². The minimum Gasteiger partial charge on any atom is -0.335 e. The number of nitrogens with zero attached hydrogens (tertiary/aromatic N) is 5. The van der Waals surface area contributed by atoms with Gasteiger partial charge in [0.1, 0.15) is 0 Å². The Hall–Kier alpha value is -1.98. The van der Waals surface area contributed by atoms with Crippen molar-refractivity contribution in [3.8, 4) is 10.7 Å². The highest BCUT2D eigenvalue weighted by Gasteiger charge is 2.21. The number of halogens is 1. The topological polar surface area (TPSA) is 113 Å². The molecule has 11 heteroatoms. The first-order valence-corrected chi connectivity index (χ1v) is 8.27. The third-order valence-electron chi connectivity index (χ3n) is 2.59. The molecule has 3 heterocycles. The second-order valence-electron chi connectivity index (χ2n) is 3.99. The number of rotatable bonds is 4. The molecule has 0 atom stereocenters. The maximum Gasteiger partial charge on any atom is 0.302 e. The summed E-state index contributed by atoms with van der Waals surface area (Å²) in [5, 5.41) is 21.5. The fourth-order valence-corrected chi connectivity index (χ4v) is 3.44. The summed E-state index contributed by atoms with van der Waals surface area (Å²) in [6, 6.07) is 5.13. The van der Waals surface area contributed by atoms with Crippen molar-refractivity contribution in [3.05, 3.63) is 44.4 Å². The zero-order chi connectivity index (χ0) is 15.7. The van der Waals surface area contributed by atoms with Crippen LogP contribution in [0.5, 0.6) is 0 Å². The minimum absolute atomic E-state index is 0.125. The molecule has 2 N–H and O–H groups in total. The van der Waals surface area contributed by atoms with Crippen LogP contribution < -0.4 is 5.84 Å². The molecule has 0 amide bonds. The van der Waals surface area contributed by atoms with E-state index in [2.05, 4.69) is 31.1 Å². The lowest BCUT2D eigenvalue weighted by molar-refractivity contribution is -0.388. The molecule has 0 aliphatic carbocycles. The summed E-state index contributed by atoms with van der Waals surface area (Å²) in [5.74, 6) is 6.47. The van der Waals surface area contributed by atoms with Gasteiger partial charge in [0.05, 0.1) is 9.80 Å². The van der Waals surface area contributed by atoms with Crippen molar-refractivity contribution >= 4 is 44.7 Å². The van der Waals surface area contributed by atoms with Crippen LogP contribution in [0.25, 0.3) is 10.7 Å². The molecule has 8 nitrogen and oxygen atoms in total. The van der Waals surface area contributed by atoms with Gasteiger partial charge in [-0.05, 0) is 39.1 Å². The molecule has 0 spiro atoms. The molecule has 0 unspecified atom stereocenters. The predicted molar refractivity (Wildman–Crippen MR) is 86.2 cm³/mol. The Kier molecular flexibility index (Phi) is 4.09. The molecular weight excluding hydrogens is 392 g/mol. The predicted octanol–water partition coefficient (Wildman–Crippen LogP) is 2.94. The SMILES string of the molecule is Nn1c(Sc2ncc(Br)cc2[N+](=O)[O-])nnc1-c1cccs1. The third-order valence-corrected chi connectivity index (χ3v) is 4.86. The van der Waals surface area contributed by atoms with Gasteiger partial charge in [-0.3, -0.25) is 10.1 Å². The molecule has 3 aromatic heterocycles. The number of nitrogen functional groups attached to an aromatic ring is 1. The quantitative estimate of drug-likeness (QED) is 0.408. The van der Waals surface area contributed by atoms with Gasteiger partial charge in [0.25, 0.3) is 0 Å². The summed E-state index contributed by atoms with van der Waals surface area (Å²) >= 11 is 5.63. The van der Waals surface area contributed by atoms with E-state index in [9.17, 15) is 10.1 Å². The van der Waals surface area contributed by atoms with Crippen molar-refractivity contribution in [2.45, 2.75) is 10.2 Å². The molecule has 0 fully saturated rings. The van der Waals surface area contributed by atoms with Gasteiger partial charge >= 0.3 is 5.69 Å². The number of nitrogens with two attached hydrogens (primary N) is 1. The van der Waals surface area contributed by atoms with Crippen LogP contribution in [0.3, 0.4) is 0 Å². The van der Waals surface area contributed by atoms with Gasteiger partial charge in [0, 0.05) is 16.7 Å². The Labute approximate surface area is 140 Å². The first kappa shape index (κ1) is 14.9. The molecule has 0 bridgehead atoms. The van der Waals surface area contributed by atoms with Gasteiger partial charge in [0.2, 0.25) is 5.16 Å². The number of pyridine rings is 1. The lowest BCUT2D eigenvalue weighted by atomic mass is 10.4. The van der Waals surface area contributed by atoms with E-state index in [1.54, 1.807) is 0 Å². The average Bonchev–Trinajstić information content (AvgIpc) is 3.11. The molecule has 0 aliphatic rings. The molecule has 0 saturated carbocycles. The summed E-state index contributed by atoms with van der Waals surface area (Å²) in [6.45, 7) is 0. The normalized spacial score (nSPS) is 10.8. The van der Waals surface area contributed by atoms with Crippen molar-refractivity contribution in [1.29, 1.82) is 0 Å².